The van der Waals surface area contributed by atoms with Gasteiger partial charge in [0.15, 0.2) is 0 Å². The van der Waals surface area contributed by atoms with E-state index in [-0.39, 0.29) is 0 Å². The second-order valence-electron chi connectivity index (χ2n) is 4.51. The number of anilines is 1. The van der Waals surface area contributed by atoms with Gasteiger partial charge in [0.1, 0.15) is 5.69 Å². The lowest BCUT2D eigenvalue weighted by molar-refractivity contribution is 0.360. The lowest BCUT2D eigenvalue weighted by Crippen LogP contribution is -2.26. The van der Waals surface area contributed by atoms with E-state index in [0.717, 1.165) is 5.92 Å². The third-order valence-electron chi connectivity index (χ3n) is 3.15. The van der Waals surface area contributed by atoms with E-state index in [1.807, 2.05) is 0 Å². The first-order valence-corrected chi connectivity index (χ1v) is 5.84. The summed E-state index contributed by atoms with van der Waals surface area (Å²) in [6.45, 7) is 2.31. The van der Waals surface area contributed by atoms with Crippen LogP contribution in [0.25, 0.3) is 0 Å². The molecule has 1 aliphatic carbocycles. The fourth-order valence-corrected chi connectivity index (χ4v) is 2.10. The van der Waals surface area contributed by atoms with Gasteiger partial charge < -0.3 is 5.32 Å². The average molecular weight is 215 g/mol. The third-order valence-corrected chi connectivity index (χ3v) is 3.15. The molecule has 1 aliphatic rings. The summed E-state index contributed by atoms with van der Waals surface area (Å²) in [6, 6.07) is 2.25. The van der Waals surface area contributed by atoms with Gasteiger partial charge in [0.2, 0.25) is 5.95 Å². The highest BCUT2D eigenvalue weighted by molar-refractivity contribution is 5.32. The van der Waals surface area contributed by atoms with E-state index in [1.165, 1.54) is 25.7 Å². The highest BCUT2D eigenvalue weighted by Crippen LogP contribution is 2.25. The van der Waals surface area contributed by atoms with Crippen LogP contribution < -0.4 is 5.32 Å². The minimum Gasteiger partial charge on any atom is -0.351 e. The first kappa shape index (κ1) is 10.9. The second kappa shape index (κ2) is 4.98. The van der Waals surface area contributed by atoms with Gasteiger partial charge >= 0.3 is 0 Å². The number of aromatic nitrogens is 2. The minimum atomic E-state index is 0.504. The molecule has 3 heteroatoms. The van der Waals surface area contributed by atoms with Gasteiger partial charge in [-0.15, -0.1) is 6.42 Å². The summed E-state index contributed by atoms with van der Waals surface area (Å²) < 4.78 is 0. The van der Waals surface area contributed by atoms with Crippen molar-refractivity contribution < 1.29 is 0 Å². The van der Waals surface area contributed by atoms with Crippen LogP contribution in [-0.2, 0) is 0 Å². The van der Waals surface area contributed by atoms with Gasteiger partial charge in [0, 0.05) is 12.2 Å². The van der Waals surface area contributed by atoms with Crippen LogP contribution in [0, 0.1) is 18.3 Å². The number of nitrogens with one attached hydrogen (secondary N) is 1. The zero-order chi connectivity index (χ0) is 11.4. The van der Waals surface area contributed by atoms with E-state index >= 15 is 0 Å². The molecule has 3 nitrogen and oxygen atoms in total. The maximum absolute atomic E-state index is 5.30. The molecule has 0 radical (unpaired) electrons. The summed E-state index contributed by atoms with van der Waals surface area (Å²) in [6.07, 6.45) is 12.0. The van der Waals surface area contributed by atoms with Crippen LogP contribution in [0.1, 0.15) is 38.3 Å². The molecular formula is C13H17N3. The summed E-state index contributed by atoms with van der Waals surface area (Å²) in [5.74, 6) is 4.04. The summed E-state index contributed by atoms with van der Waals surface area (Å²) in [5, 5.41) is 3.36. The molecule has 2 rings (SSSR count). The molecule has 84 valence electrons. The van der Waals surface area contributed by atoms with Gasteiger partial charge in [-0.1, -0.05) is 12.8 Å². The molecule has 0 bridgehead atoms. The molecule has 16 heavy (non-hydrogen) atoms. The van der Waals surface area contributed by atoms with Crippen molar-refractivity contribution in [1.82, 2.24) is 9.97 Å². The molecule has 1 N–H and O–H groups in total. The molecule has 1 heterocycles. The number of hydrogen-bond donors (Lipinski definition) is 1. The van der Waals surface area contributed by atoms with Crippen molar-refractivity contribution in [2.24, 2.45) is 5.92 Å². The molecule has 0 unspecified atom stereocenters. The second-order valence-corrected chi connectivity index (χ2v) is 4.51. The van der Waals surface area contributed by atoms with E-state index < -0.39 is 0 Å². The fourth-order valence-electron chi connectivity index (χ4n) is 2.10. The molecule has 0 spiro atoms. The Kier molecular flexibility index (Phi) is 3.40. The minimum absolute atomic E-state index is 0.504. The van der Waals surface area contributed by atoms with Gasteiger partial charge in [-0.05, 0) is 37.7 Å². The molecule has 0 atom stereocenters. The van der Waals surface area contributed by atoms with Crippen molar-refractivity contribution in [1.29, 1.82) is 0 Å². The Labute approximate surface area is 96.7 Å². The molecule has 1 aromatic rings. The van der Waals surface area contributed by atoms with Crippen LogP contribution in [-0.4, -0.2) is 16.0 Å². The Morgan fingerprint density at radius 2 is 2.12 bits per heavy atom. The largest absolute Gasteiger partial charge is 0.351 e. The van der Waals surface area contributed by atoms with Crippen molar-refractivity contribution in [3.05, 3.63) is 18.0 Å². The highest BCUT2D eigenvalue weighted by atomic mass is 15.1. The van der Waals surface area contributed by atoms with E-state index in [0.29, 0.717) is 17.7 Å². The number of nitrogens with zero attached hydrogens (tertiary/aromatic N) is 2. The fraction of sp³-hybridized carbons (Fsp3) is 0.538. The molecule has 0 aliphatic heterocycles. The first-order chi connectivity index (χ1) is 7.78. The summed E-state index contributed by atoms with van der Waals surface area (Å²) >= 11 is 0. The van der Waals surface area contributed by atoms with Gasteiger partial charge in [-0.25, -0.2) is 9.97 Å². The lowest BCUT2D eigenvalue weighted by atomic mass is 9.87. The summed E-state index contributed by atoms with van der Waals surface area (Å²) in [4.78, 5) is 8.43. The molecule has 0 saturated heterocycles. The Hall–Kier alpha value is -1.56. The van der Waals surface area contributed by atoms with Crippen molar-refractivity contribution in [2.75, 3.05) is 5.32 Å². The van der Waals surface area contributed by atoms with E-state index in [4.69, 9.17) is 6.42 Å². The summed E-state index contributed by atoms with van der Waals surface area (Å²) in [5.41, 5.74) is 0.640. The Bertz CT molecular complexity index is 386. The topological polar surface area (TPSA) is 37.8 Å². The number of hydrogen-bond acceptors (Lipinski definition) is 3. The molecule has 1 fully saturated rings. The van der Waals surface area contributed by atoms with Crippen LogP contribution in [0.2, 0.25) is 0 Å². The molecule has 0 aromatic carbocycles. The number of terminal acetylenes is 1. The van der Waals surface area contributed by atoms with Gasteiger partial charge in [0.25, 0.3) is 0 Å². The monoisotopic (exact) mass is 215 g/mol. The SMILES string of the molecule is C#Cc1ccnc(NC2CCC(C)CC2)n1. The predicted molar refractivity (Wildman–Crippen MR) is 65.0 cm³/mol. The Balaban J connectivity index is 1.96. The summed E-state index contributed by atoms with van der Waals surface area (Å²) in [7, 11) is 0. The normalized spacial score (nSPS) is 24.8. The van der Waals surface area contributed by atoms with Gasteiger partial charge in [-0.3, -0.25) is 0 Å². The van der Waals surface area contributed by atoms with E-state index in [1.54, 1.807) is 12.3 Å². The lowest BCUT2D eigenvalue weighted by Gasteiger charge is -2.26. The van der Waals surface area contributed by atoms with Crippen LogP contribution in [0.15, 0.2) is 12.3 Å². The van der Waals surface area contributed by atoms with Gasteiger partial charge in [0.05, 0.1) is 0 Å². The quantitative estimate of drug-likeness (QED) is 0.770. The van der Waals surface area contributed by atoms with Crippen molar-refractivity contribution in [2.45, 2.75) is 38.6 Å². The van der Waals surface area contributed by atoms with Gasteiger partial charge in [-0.2, -0.15) is 0 Å². The van der Waals surface area contributed by atoms with Crippen LogP contribution in [0.3, 0.4) is 0 Å². The third kappa shape index (κ3) is 2.73. The standard InChI is InChI=1S/C13H17N3/c1-3-11-8-9-14-13(15-11)16-12-6-4-10(2)5-7-12/h1,8-10,12H,4-7H2,2H3,(H,14,15,16). The maximum atomic E-state index is 5.30. The van der Waals surface area contributed by atoms with Crippen LogP contribution in [0.4, 0.5) is 5.95 Å². The molecular weight excluding hydrogens is 198 g/mol. The molecule has 0 amide bonds. The number of rotatable bonds is 2. The maximum Gasteiger partial charge on any atom is 0.224 e. The smallest absolute Gasteiger partial charge is 0.224 e. The van der Waals surface area contributed by atoms with Crippen LogP contribution in [0.5, 0.6) is 0 Å². The van der Waals surface area contributed by atoms with Crippen molar-refractivity contribution >= 4 is 5.95 Å². The zero-order valence-corrected chi connectivity index (χ0v) is 9.61. The van der Waals surface area contributed by atoms with E-state index in [9.17, 15) is 0 Å². The molecule has 1 aromatic heterocycles. The van der Waals surface area contributed by atoms with Crippen molar-refractivity contribution in [3.8, 4) is 12.3 Å². The predicted octanol–water partition coefficient (Wildman–Crippen LogP) is 2.45. The Morgan fingerprint density at radius 3 is 2.81 bits per heavy atom. The zero-order valence-electron chi connectivity index (χ0n) is 9.61. The van der Waals surface area contributed by atoms with Crippen molar-refractivity contribution in [3.63, 3.8) is 0 Å². The molecule has 1 saturated carbocycles. The Morgan fingerprint density at radius 1 is 1.38 bits per heavy atom. The first-order valence-electron chi connectivity index (χ1n) is 5.84. The van der Waals surface area contributed by atoms with Crippen LogP contribution >= 0.6 is 0 Å². The highest BCUT2D eigenvalue weighted by Gasteiger charge is 2.18. The van der Waals surface area contributed by atoms with E-state index in [2.05, 4.69) is 28.1 Å². The average Bonchev–Trinajstić information content (AvgIpc) is 2.32.